The first-order valence-corrected chi connectivity index (χ1v) is 19.9. The number of hydrogen-bond donors (Lipinski definition) is 2. The number of ether oxygens (including phenoxy) is 2. The molecule has 0 aromatic rings. The van der Waals surface area contributed by atoms with Gasteiger partial charge in [-0.05, 0) is 51.4 Å². The molecule has 8 nitrogen and oxygen atoms in total. The van der Waals surface area contributed by atoms with Gasteiger partial charge in [-0.3, -0.25) is 13.8 Å². The van der Waals surface area contributed by atoms with Crippen LogP contribution in [0.15, 0.2) is 72.9 Å². The molecule has 0 rings (SSSR count). The Bertz CT molecular complexity index is 958. The number of hydrogen-bond acceptors (Lipinski definition) is 7. The van der Waals surface area contributed by atoms with Crippen molar-refractivity contribution in [3.8, 4) is 0 Å². The molecule has 9 heteroatoms. The van der Waals surface area contributed by atoms with Gasteiger partial charge in [-0.25, -0.2) is 4.57 Å². The van der Waals surface area contributed by atoms with Crippen molar-refractivity contribution in [2.24, 2.45) is 5.73 Å². The van der Waals surface area contributed by atoms with E-state index in [9.17, 15) is 14.3 Å². The van der Waals surface area contributed by atoms with Gasteiger partial charge in [-0.1, -0.05) is 145 Å². The van der Waals surface area contributed by atoms with E-state index < -0.39 is 19.9 Å². The molecule has 0 spiro atoms. The Kier molecular flexibility index (Phi) is 34.7. The molecule has 48 heavy (non-hydrogen) atoms. The highest BCUT2D eigenvalue weighted by atomic mass is 31.2. The zero-order chi connectivity index (χ0) is 35.2. The second-order valence-corrected chi connectivity index (χ2v) is 13.2. The van der Waals surface area contributed by atoms with Crippen molar-refractivity contribution in [2.45, 2.75) is 136 Å². The van der Waals surface area contributed by atoms with Gasteiger partial charge >= 0.3 is 13.8 Å². The molecule has 0 bridgehead atoms. The molecule has 0 radical (unpaired) electrons. The second kappa shape index (κ2) is 36.2. The van der Waals surface area contributed by atoms with Gasteiger partial charge in [0.05, 0.1) is 19.8 Å². The van der Waals surface area contributed by atoms with Gasteiger partial charge in [0.2, 0.25) is 0 Å². The van der Waals surface area contributed by atoms with Crippen molar-refractivity contribution in [2.75, 3.05) is 33.0 Å². The van der Waals surface area contributed by atoms with Crippen LogP contribution in [0.2, 0.25) is 0 Å². The number of allylic oxidation sites excluding steroid dienone is 12. The van der Waals surface area contributed by atoms with Gasteiger partial charge in [0.25, 0.3) is 0 Å². The Morgan fingerprint density at radius 2 is 1.12 bits per heavy atom. The van der Waals surface area contributed by atoms with Crippen LogP contribution >= 0.6 is 7.82 Å². The molecule has 0 fully saturated rings. The largest absolute Gasteiger partial charge is 0.472 e. The number of nitrogens with two attached hydrogens (primary N) is 1. The predicted molar refractivity (Wildman–Crippen MR) is 201 cm³/mol. The highest BCUT2D eigenvalue weighted by Crippen LogP contribution is 2.43. The number of rotatable bonds is 34. The van der Waals surface area contributed by atoms with Gasteiger partial charge < -0.3 is 20.1 Å². The molecule has 0 aromatic carbocycles. The van der Waals surface area contributed by atoms with Crippen LogP contribution in [0.25, 0.3) is 0 Å². The van der Waals surface area contributed by atoms with Crippen molar-refractivity contribution in [3.05, 3.63) is 72.9 Å². The molecule has 0 aliphatic heterocycles. The van der Waals surface area contributed by atoms with Crippen LogP contribution in [0.3, 0.4) is 0 Å². The summed E-state index contributed by atoms with van der Waals surface area (Å²) in [5, 5.41) is 0. The molecule has 0 aliphatic rings. The van der Waals surface area contributed by atoms with E-state index in [1.54, 1.807) is 0 Å². The summed E-state index contributed by atoms with van der Waals surface area (Å²) in [6, 6.07) is 0. The number of carbonyl (C=O) groups excluding carboxylic acids is 1. The van der Waals surface area contributed by atoms with Crippen molar-refractivity contribution in [1.29, 1.82) is 0 Å². The topological polar surface area (TPSA) is 117 Å². The van der Waals surface area contributed by atoms with Crippen LogP contribution in [0.1, 0.15) is 129 Å². The number of unbranched alkanes of at least 4 members (excludes halogenated alkanes) is 9. The second-order valence-electron chi connectivity index (χ2n) is 11.7. The van der Waals surface area contributed by atoms with Crippen LogP contribution in [0.5, 0.6) is 0 Å². The molecule has 0 aliphatic carbocycles. The zero-order valence-corrected chi connectivity index (χ0v) is 31.1. The number of phosphoric ester groups is 1. The first-order valence-electron chi connectivity index (χ1n) is 18.4. The summed E-state index contributed by atoms with van der Waals surface area (Å²) in [6.07, 6.45) is 43.6. The van der Waals surface area contributed by atoms with Crippen molar-refractivity contribution in [3.63, 3.8) is 0 Å². The summed E-state index contributed by atoms with van der Waals surface area (Å²) in [4.78, 5) is 22.3. The van der Waals surface area contributed by atoms with E-state index in [1.807, 2.05) is 12.2 Å². The lowest BCUT2D eigenvalue weighted by Crippen LogP contribution is -2.28. The molecule has 0 aromatic heterocycles. The van der Waals surface area contributed by atoms with E-state index in [1.165, 1.54) is 51.4 Å². The summed E-state index contributed by atoms with van der Waals surface area (Å²) < 4.78 is 33.1. The summed E-state index contributed by atoms with van der Waals surface area (Å²) >= 11 is 0. The number of phosphoric acid groups is 1. The van der Waals surface area contributed by atoms with Gasteiger partial charge in [-0.15, -0.1) is 0 Å². The van der Waals surface area contributed by atoms with Gasteiger partial charge in [0, 0.05) is 19.6 Å². The Hall–Kier alpha value is -2.06. The van der Waals surface area contributed by atoms with Crippen molar-refractivity contribution in [1.82, 2.24) is 0 Å². The van der Waals surface area contributed by atoms with E-state index in [0.717, 1.165) is 51.4 Å². The Morgan fingerprint density at radius 1 is 0.646 bits per heavy atom. The van der Waals surface area contributed by atoms with E-state index >= 15 is 0 Å². The van der Waals surface area contributed by atoms with Crippen molar-refractivity contribution >= 4 is 13.8 Å². The standard InChI is InChI=1S/C39H68NO7P/c1-3-5-7-9-11-13-15-16-17-18-19-20-21-22-23-24-26-28-30-32-39(41)47-38(37-46-48(42,43)45-35-33-40)36-44-34-31-29-27-25-14-12-10-8-6-4-2/h5,7,11,13,16-17,19-20,22-23,26,28,38H,3-4,6,8-10,12,14-15,18,21,24-25,27,29-37,40H2,1-2H3,(H,42,43)/b7-5-,13-11-,17-16-,20-19-,23-22-,28-26-. The molecule has 2 unspecified atom stereocenters. The molecule has 276 valence electrons. The quantitative estimate of drug-likeness (QED) is 0.0296. The summed E-state index contributed by atoms with van der Waals surface area (Å²) in [5.41, 5.74) is 5.34. The first kappa shape index (κ1) is 45.9. The predicted octanol–water partition coefficient (Wildman–Crippen LogP) is 10.4. The Morgan fingerprint density at radius 3 is 1.62 bits per heavy atom. The lowest BCUT2D eigenvalue weighted by molar-refractivity contribution is -0.154. The molecule has 0 amide bonds. The SMILES string of the molecule is CC/C=C\C/C=C\C/C=C\C/C=C\C/C=C\C/C=C\CCC(=O)OC(COCCCCCCCCCCCC)COP(=O)(O)OCCN. The van der Waals surface area contributed by atoms with Crippen LogP contribution in [-0.4, -0.2) is 49.9 Å². The fraction of sp³-hybridized carbons (Fsp3) is 0.667. The molecule has 0 heterocycles. The highest BCUT2D eigenvalue weighted by molar-refractivity contribution is 7.47. The van der Waals surface area contributed by atoms with Gasteiger partial charge in [0.1, 0.15) is 6.10 Å². The zero-order valence-electron chi connectivity index (χ0n) is 30.2. The Balaban J connectivity index is 4.26. The number of esters is 1. The molecule has 0 saturated heterocycles. The minimum absolute atomic E-state index is 0.0833. The average molecular weight is 694 g/mol. The van der Waals surface area contributed by atoms with Gasteiger partial charge in [0.15, 0.2) is 0 Å². The van der Waals surface area contributed by atoms with E-state index in [2.05, 4.69) is 74.6 Å². The van der Waals surface area contributed by atoms with Crippen LogP contribution in [-0.2, 0) is 27.9 Å². The smallest absolute Gasteiger partial charge is 0.457 e. The Labute approximate surface area is 293 Å². The summed E-state index contributed by atoms with van der Waals surface area (Å²) in [7, 11) is -4.29. The van der Waals surface area contributed by atoms with E-state index in [-0.39, 0.29) is 32.8 Å². The summed E-state index contributed by atoms with van der Waals surface area (Å²) in [6.45, 7) is 4.66. The number of carbonyl (C=O) groups is 1. The normalized spacial score (nSPS) is 14.5. The van der Waals surface area contributed by atoms with Crippen LogP contribution < -0.4 is 5.73 Å². The third-order valence-corrected chi connectivity index (χ3v) is 8.14. The molecule has 2 atom stereocenters. The molecular formula is C39H68NO7P. The lowest BCUT2D eigenvalue weighted by Gasteiger charge is -2.20. The third kappa shape index (κ3) is 35.3. The van der Waals surface area contributed by atoms with Crippen LogP contribution in [0, 0.1) is 0 Å². The average Bonchev–Trinajstić information content (AvgIpc) is 3.07. The van der Waals surface area contributed by atoms with Crippen molar-refractivity contribution < 1.29 is 32.8 Å². The third-order valence-electron chi connectivity index (χ3n) is 7.15. The maximum atomic E-state index is 12.5. The van der Waals surface area contributed by atoms with E-state index in [0.29, 0.717) is 13.0 Å². The minimum Gasteiger partial charge on any atom is -0.457 e. The first-order chi connectivity index (χ1) is 23.4. The monoisotopic (exact) mass is 693 g/mol. The maximum absolute atomic E-state index is 12.5. The fourth-order valence-electron chi connectivity index (χ4n) is 4.49. The molecule has 3 N–H and O–H groups in total. The van der Waals surface area contributed by atoms with Gasteiger partial charge in [-0.2, -0.15) is 0 Å². The molecular weight excluding hydrogens is 625 g/mol. The fourth-order valence-corrected chi connectivity index (χ4v) is 5.26. The molecule has 0 saturated carbocycles. The maximum Gasteiger partial charge on any atom is 0.472 e. The minimum atomic E-state index is -4.29. The van der Waals surface area contributed by atoms with E-state index in [4.69, 9.17) is 24.3 Å². The lowest BCUT2D eigenvalue weighted by atomic mass is 10.1. The van der Waals surface area contributed by atoms with Crippen LogP contribution in [0.4, 0.5) is 0 Å². The summed E-state index contributed by atoms with van der Waals surface area (Å²) in [5.74, 6) is -0.415. The highest BCUT2D eigenvalue weighted by Gasteiger charge is 2.25.